The molecule has 7 nitrogen and oxygen atoms in total. The maximum atomic E-state index is 12.1. The maximum Gasteiger partial charge on any atom is 0.325 e. The van der Waals surface area contributed by atoms with Crippen molar-refractivity contribution >= 4 is 17.6 Å². The molecule has 0 spiro atoms. The molecule has 0 saturated heterocycles. The van der Waals surface area contributed by atoms with Crippen molar-refractivity contribution < 1.29 is 24.0 Å². The van der Waals surface area contributed by atoms with Gasteiger partial charge in [-0.05, 0) is 0 Å². The Hall–Kier alpha value is -2.96. The minimum absolute atomic E-state index is 0.0874. The summed E-state index contributed by atoms with van der Waals surface area (Å²) in [5.74, 6) is -3.42. The highest BCUT2D eigenvalue weighted by molar-refractivity contribution is 6.01. The van der Waals surface area contributed by atoms with Crippen molar-refractivity contribution in [3.8, 4) is 0 Å². The summed E-state index contributed by atoms with van der Waals surface area (Å²) in [5.41, 5.74) is -0.450. The van der Waals surface area contributed by atoms with Gasteiger partial charge in [0.1, 0.15) is 13.2 Å². The number of para-hydroxylation sites is 1. The van der Waals surface area contributed by atoms with Gasteiger partial charge in [0.15, 0.2) is 5.92 Å². The summed E-state index contributed by atoms with van der Waals surface area (Å²) in [6.07, 6.45) is 2.65. The number of rotatable bonds is 8. The first-order chi connectivity index (χ1) is 10.5. The van der Waals surface area contributed by atoms with Crippen LogP contribution in [0, 0.1) is 10.1 Å². The number of nitro benzene ring substituents is 1. The average Bonchev–Trinajstić information content (AvgIpc) is 2.51. The fourth-order valence-electron chi connectivity index (χ4n) is 1.70. The lowest BCUT2D eigenvalue weighted by atomic mass is 9.97. The fraction of sp³-hybridized carbons (Fsp3) is 0.200. The van der Waals surface area contributed by atoms with Crippen LogP contribution in [0.2, 0.25) is 0 Å². The lowest BCUT2D eigenvalue weighted by Crippen LogP contribution is -2.27. The molecule has 0 N–H and O–H groups in total. The van der Waals surface area contributed by atoms with Crippen molar-refractivity contribution in [1.29, 1.82) is 0 Å². The first-order valence-electron chi connectivity index (χ1n) is 6.31. The molecule has 0 radical (unpaired) electrons. The second-order valence-corrected chi connectivity index (χ2v) is 4.09. The number of ether oxygens (including phenoxy) is 2. The van der Waals surface area contributed by atoms with E-state index in [1.807, 2.05) is 0 Å². The van der Waals surface area contributed by atoms with E-state index in [9.17, 15) is 19.7 Å². The molecule has 0 atom stereocenters. The Morgan fingerprint density at radius 2 is 1.64 bits per heavy atom. The van der Waals surface area contributed by atoms with Gasteiger partial charge in [-0.25, -0.2) is 0 Å². The molecule has 116 valence electrons. The predicted octanol–water partition coefficient (Wildman–Crippen LogP) is 2.14. The van der Waals surface area contributed by atoms with Crippen LogP contribution in [0.25, 0.3) is 0 Å². The molecule has 22 heavy (non-hydrogen) atoms. The molecule has 0 aliphatic carbocycles. The molecule has 1 aromatic rings. The van der Waals surface area contributed by atoms with E-state index in [2.05, 4.69) is 13.2 Å². The van der Waals surface area contributed by atoms with Gasteiger partial charge in [0.25, 0.3) is 5.69 Å². The highest BCUT2D eigenvalue weighted by Crippen LogP contribution is 2.28. The molecule has 0 saturated carbocycles. The second kappa shape index (κ2) is 8.35. The van der Waals surface area contributed by atoms with Crippen LogP contribution in [0.1, 0.15) is 11.5 Å². The van der Waals surface area contributed by atoms with E-state index in [4.69, 9.17) is 9.47 Å². The molecule has 1 rings (SSSR count). The fourth-order valence-corrected chi connectivity index (χ4v) is 1.70. The number of esters is 2. The van der Waals surface area contributed by atoms with Crippen LogP contribution in [0.3, 0.4) is 0 Å². The predicted molar refractivity (Wildman–Crippen MR) is 78.1 cm³/mol. The zero-order valence-electron chi connectivity index (χ0n) is 11.8. The number of nitrogens with zero attached hydrogens (tertiary/aromatic N) is 1. The lowest BCUT2D eigenvalue weighted by molar-refractivity contribution is -0.385. The van der Waals surface area contributed by atoms with Gasteiger partial charge in [0.2, 0.25) is 0 Å². The van der Waals surface area contributed by atoms with Crippen LogP contribution in [-0.2, 0) is 19.1 Å². The van der Waals surface area contributed by atoms with Crippen LogP contribution in [0.15, 0.2) is 49.6 Å². The Bertz CT molecular complexity index is 571. The van der Waals surface area contributed by atoms with E-state index in [1.54, 1.807) is 0 Å². The van der Waals surface area contributed by atoms with E-state index in [0.717, 1.165) is 0 Å². The summed E-state index contributed by atoms with van der Waals surface area (Å²) in [4.78, 5) is 34.5. The van der Waals surface area contributed by atoms with Crippen molar-refractivity contribution in [1.82, 2.24) is 0 Å². The SMILES string of the molecule is C=CCOC(=O)C(C(=O)OCC=C)c1ccccc1[N+](=O)[O-]. The third kappa shape index (κ3) is 4.27. The van der Waals surface area contributed by atoms with Crippen molar-refractivity contribution in [2.45, 2.75) is 5.92 Å². The van der Waals surface area contributed by atoms with Gasteiger partial charge < -0.3 is 9.47 Å². The summed E-state index contributed by atoms with van der Waals surface area (Å²) in [6, 6.07) is 5.43. The maximum absolute atomic E-state index is 12.1. The summed E-state index contributed by atoms with van der Waals surface area (Å²) < 4.78 is 9.67. The van der Waals surface area contributed by atoms with Crippen molar-refractivity contribution in [2.75, 3.05) is 13.2 Å². The molecular formula is C15H15NO6. The van der Waals surface area contributed by atoms with Gasteiger partial charge in [0, 0.05) is 6.07 Å². The third-order valence-corrected chi connectivity index (χ3v) is 2.60. The minimum Gasteiger partial charge on any atom is -0.461 e. The number of carbonyl (C=O) groups excluding carboxylic acids is 2. The topological polar surface area (TPSA) is 95.7 Å². The number of benzene rings is 1. The molecule has 7 heteroatoms. The monoisotopic (exact) mass is 305 g/mol. The molecule has 0 aromatic heterocycles. The largest absolute Gasteiger partial charge is 0.461 e. The molecule has 0 fully saturated rings. The summed E-state index contributed by atoms with van der Waals surface area (Å²) in [6.45, 7) is 6.54. The van der Waals surface area contributed by atoms with E-state index in [0.29, 0.717) is 0 Å². The van der Waals surface area contributed by atoms with Gasteiger partial charge >= 0.3 is 11.9 Å². The van der Waals surface area contributed by atoms with Gasteiger partial charge in [-0.15, -0.1) is 0 Å². The number of hydrogen-bond acceptors (Lipinski definition) is 6. The zero-order chi connectivity index (χ0) is 16.5. The van der Waals surface area contributed by atoms with Crippen LogP contribution >= 0.6 is 0 Å². The van der Waals surface area contributed by atoms with Crippen molar-refractivity contribution in [3.05, 3.63) is 65.3 Å². The van der Waals surface area contributed by atoms with Gasteiger partial charge in [-0.1, -0.05) is 43.5 Å². The highest BCUT2D eigenvalue weighted by Gasteiger charge is 2.36. The lowest BCUT2D eigenvalue weighted by Gasteiger charge is -2.14. The van der Waals surface area contributed by atoms with E-state index in [-0.39, 0.29) is 24.5 Å². The Morgan fingerprint density at radius 1 is 1.14 bits per heavy atom. The Balaban J connectivity index is 3.22. The zero-order valence-corrected chi connectivity index (χ0v) is 11.8. The number of nitro groups is 1. The van der Waals surface area contributed by atoms with Gasteiger partial charge in [-0.2, -0.15) is 0 Å². The quantitative estimate of drug-likeness (QED) is 0.240. The standard InChI is InChI=1S/C15H15NO6/c1-3-9-21-14(17)13(15(18)22-10-4-2)11-7-5-6-8-12(11)16(19)20/h3-8,13H,1-2,9-10H2. The molecule has 0 aliphatic heterocycles. The van der Waals surface area contributed by atoms with Crippen LogP contribution in [-0.4, -0.2) is 30.1 Å². The Kier molecular flexibility index (Phi) is 6.49. The van der Waals surface area contributed by atoms with Crippen molar-refractivity contribution in [2.24, 2.45) is 0 Å². The van der Waals surface area contributed by atoms with E-state index >= 15 is 0 Å². The summed E-state index contributed by atoms with van der Waals surface area (Å²) in [5, 5.41) is 11.1. The van der Waals surface area contributed by atoms with E-state index in [1.165, 1.54) is 36.4 Å². The smallest absolute Gasteiger partial charge is 0.325 e. The van der Waals surface area contributed by atoms with Gasteiger partial charge in [0.05, 0.1) is 10.5 Å². The molecule has 0 unspecified atom stereocenters. The summed E-state index contributed by atoms with van der Waals surface area (Å²) >= 11 is 0. The first kappa shape index (κ1) is 17.1. The minimum atomic E-state index is -1.54. The third-order valence-electron chi connectivity index (χ3n) is 2.60. The Morgan fingerprint density at radius 3 is 2.09 bits per heavy atom. The molecule has 0 aliphatic rings. The molecule has 0 heterocycles. The summed E-state index contributed by atoms with van der Waals surface area (Å²) in [7, 11) is 0. The second-order valence-electron chi connectivity index (χ2n) is 4.09. The highest BCUT2D eigenvalue weighted by atomic mass is 16.6. The molecule has 0 amide bonds. The first-order valence-corrected chi connectivity index (χ1v) is 6.31. The molecule has 1 aromatic carbocycles. The normalized spacial score (nSPS) is 9.86. The van der Waals surface area contributed by atoms with Gasteiger partial charge in [-0.3, -0.25) is 19.7 Å². The number of carbonyl (C=O) groups is 2. The van der Waals surface area contributed by atoms with Crippen LogP contribution in [0.4, 0.5) is 5.69 Å². The Labute approximate surface area is 127 Å². The van der Waals surface area contributed by atoms with E-state index < -0.39 is 22.8 Å². The molecular weight excluding hydrogens is 290 g/mol. The number of hydrogen-bond donors (Lipinski definition) is 0. The average molecular weight is 305 g/mol. The van der Waals surface area contributed by atoms with Crippen LogP contribution < -0.4 is 0 Å². The molecule has 0 bridgehead atoms. The van der Waals surface area contributed by atoms with Crippen molar-refractivity contribution in [3.63, 3.8) is 0 Å². The van der Waals surface area contributed by atoms with Crippen LogP contribution in [0.5, 0.6) is 0 Å².